The molecule has 0 heterocycles. The molecule has 0 aromatic carbocycles. The number of rotatable bonds is 5. The van der Waals surface area contributed by atoms with Crippen molar-refractivity contribution in [1.29, 1.82) is 0 Å². The molecule has 0 saturated heterocycles. The molecule has 13 heavy (non-hydrogen) atoms. The van der Waals surface area contributed by atoms with E-state index in [2.05, 4.69) is 5.32 Å². The molecule has 1 aliphatic carbocycles. The highest BCUT2D eigenvalue weighted by molar-refractivity contribution is 5.76. The number of carbonyl (C=O) groups is 1. The first-order valence-electron chi connectivity index (χ1n) is 4.85. The van der Waals surface area contributed by atoms with Gasteiger partial charge in [-0.1, -0.05) is 0 Å². The number of hydrogen-bond acceptors (Lipinski definition) is 3. The van der Waals surface area contributed by atoms with Crippen molar-refractivity contribution in [2.45, 2.75) is 26.7 Å². The predicted octanol–water partition coefficient (Wildman–Crippen LogP) is 1.19. The van der Waals surface area contributed by atoms with Gasteiger partial charge in [-0.2, -0.15) is 0 Å². The Morgan fingerprint density at radius 2 is 2.15 bits per heavy atom. The molecule has 76 valence electrons. The summed E-state index contributed by atoms with van der Waals surface area (Å²) in [5, 5.41) is 3.30. The normalized spacial score (nSPS) is 17.2. The maximum atomic E-state index is 11.3. The molecule has 0 atom stereocenters. The highest BCUT2D eigenvalue weighted by atomic mass is 16.5. The third-order valence-electron chi connectivity index (χ3n) is 2.43. The molecule has 1 fully saturated rings. The van der Waals surface area contributed by atoms with Crippen LogP contribution < -0.4 is 5.32 Å². The quantitative estimate of drug-likeness (QED) is 0.654. The molecule has 0 aliphatic heterocycles. The van der Waals surface area contributed by atoms with E-state index < -0.39 is 5.41 Å². The second-order valence-corrected chi connectivity index (χ2v) is 4.45. The van der Waals surface area contributed by atoms with Gasteiger partial charge in [0.1, 0.15) is 0 Å². The van der Waals surface area contributed by atoms with Gasteiger partial charge in [0.25, 0.3) is 0 Å². The van der Waals surface area contributed by atoms with E-state index >= 15 is 0 Å². The Hall–Kier alpha value is -0.570. The minimum absolute atomic E-state index is 0.143. The smallest absolute Gasteiger partial charge is 0.312 e. The number of ether oxygens (including phenoxy) is 1. The molecular formula is C10H19NO2. The van der Waals surface area contributed by atoms with Crippen LogP contribution in [0.15, 0.2) is 0 Å². The van der Waals surface area contributed by atoms with Crippen LogP contribution in [0.2, 0.25) is 0 Å². The van der Waals surface area contributed by atoms with Gasteiger partial charge in [-0.3, -0.25) is 4.79 Å². The third kappa shape index (κ3) is 3.35. The Kier molecular flexibility index (Phi) is 3.31. The highest BCUT2D eigenvalue weighted by Crippen LogP contribution is 2.28. The molecule has 1 aliphatic rings. The molecule has 0 amide bonds. The lowest BCUT2D eigenvalue weighted by Crippen LogP contribution is -2.37. The Labute approximate surface area is 79.8 Å². The van der Waals surface area contributed by atoms with Crippen LogP contribution in [-0.4, -0.2) is 26.2 Å². The van der Waals surface area contributed by atoms with Gasteiger partial charge in [0.05, 0.1) is 12.5 Å². The standard InChI is InChI=1S/C10H19NO2/c1-10(2,9(12)13-3)7-11-6-8-4-5-8/h8,11H,4-7H2,1-3H3. The molecule has 3 heteroatoms. The summed E-state index contributed by atoms with van der Waals surface area (Å²) in [6.07, 6.45) is 2.68. The van der Waals surface area contributed by atoms with Crippen LogP contribution in [0.3, 0.4) is 0 Å². The zero-order valence-electron chi connectivity index (χ0n) is 8.72. The SMILES string of the molecule is COC(=O)C(C)(C)CNCC1CC1. The second-order valence-electron chi connectivity index (χ2n) is 4.45. The summed E-state index contributed by atoms with van der Waals surface area (Å²) >= 11 is 0. The number of esters is 1. The second kappa shape index (κ2) is 4.09. The van der Waals surface area contributed by atoms with Crippen molar-refractivity contribution in [3.05, 3.63) is 0 Å². The molecule has 0 unspecified atom stereocenters. The van der Waals surface area contributed by atoms with Crippen LogP contribution in [0.4, 0.5) is 0 Å². The highest BCUT2D eigenvalue weighted by Gasteiger charge is 2.29. The summed E-state index contributed by atoms with van der Waals surface area (Å²) in [5.74, 6) is 0.712. The van der Waals surface area contributed by atoms with Crippen LogP contribution >= 0.6 is 0 Å². The van der Waals surface area contributed by atoms with E-state index in [1.165, 1.54) is 20.0 Å². The molecular weight excluding hydrogens is 166 g/mol. The van der Waals surface area contributed by atoms with Gasteiger partial charge in [0.15, 0.2) is 0 Å². The number of methoxy groups -OCH3 is 1. The van der Waals surface area contributed by atoms with Gasteiger partial charge in [0, 0.05) is 6.54 Å². The van der Waals surface area contributed by atoms with Crippen LogP contribution in [0, 0.1) is 11.3 Å². The van der Waals surface area contributed by atoms with Gasteiger partial charge in [0.2, 0.25) is 0 Å². The van der Waals surface area contributed by atoms with Crippen molar-refractivity contribution in [1.82, 2.24) is 5.32 Å². The van der Waals surface area contributed by atoms with Crippen molar-refractivity contribution < 1.29 is 9.53 Å². The molecule has 0 radical (unpaired) electrons. The average Bonchev–Trinajstić information content (AvgIpc) is 2.86. The molecule has 0 spiro atoms. The van der Waals surface area contributed by atoms with E-state index in [-0.39, 0.29) is 5.97 Å². The lowest BCUT2D eigenvalue weighted by molar-refractivity contribution is -0.150. The molecule has 1 rings (SSSR count). The van der Waals surface area contributed by atoms with Crippen molar-refractivity contribution in [2.75, 3.05) is 20.2 Å². The first kappa shape index (κ1) is 10.5. The van der Waals surface area contributed by atoms with E-state index in [1.807, 2.05) is 13.8 Å². The topological polar surface area (TPSA) is 38.3 Å². The first-order valence-corrected chi connectivity index (χ1v) is 4.85. The van der Waals surface area contributed by atoms with E-state index in [1.54, 1.807) is 0 Å². The lowest BCUT2D eigenvalue weighted by Gasteiger charge is -2.21. The molecule has 0 bridgehead atoms. The Morgan fingerprint density at radius 1 is 1.54 bits per heavy atom. The fourth-order valence-corrected chi connectivity index (χ4v) is 1.26. The Balaban J connectivity index is 2.19. The largest absolute Gasteiger partial charge is 0.469 e. The van der Waals surface area contributed by atoms with Gasteiger partial charge in [-0.15, -0.1) is 0 Å². The minimum Gasteiger partial charge on any atom is -0.469 e. The lowest BCUT2D eigenvalue weighted by atomic mass is 9.94. The first-order chi connectivity index (χ1) is 6.06. The zero-order chi connectivity index (χ0) is 9.90. The van der Waals surface area contributed by atoms with Crippen molar-refractivity contribution >= 4 is 5.97 Å². The summed E-state index contributed by atoms with van der Waals surface area (Å²) in [4.78, 5) is 11.3. The van der Waals surface area contributed by atoms with E-state index in [4.69, 9.17) is 4.74 Å². The Bertz CT molecular complexity index is 185. The van der Waals surface area contributed by atoms with Crippen molar-refractivity contribution in [3.63, 3.8) is 0 Å². The van der Waals surface area contributed by atoms with Crippen LogP contribution in [0.1, 0.15) is 26.7 Å². The third-order valence-corrected chi connectivity index (χ3v) is 2.43. The maximum Gasteiger partial charge on any atom is 0.312 e. The van der Waals surface area contributed by atoms with Crippen molar-refractivity contribution in [2.24, 2.45) is 11.3 Å². The number of hydrogen-bond donors (Lipinski definition) is 1. The van der Waals surface area contributed by atoms with Crippen LogP contribution in [0.5, 0.6) is 0 Å². The predicted molar refractivity (Wildman–Crippen MR) is 51.4 cm³/mol. The molecule has 0 aromatic heterocycles. The van der Waals surface area contributed by atoms with Gasteiger partial charge in [-0.05, 0) is 39.2 Å². The number of nitrogens with one attached hydrogen (secondary N) is 1. The van der Waals surface area contributed by atoms with Gasteiger partial charge < -0.3 is 10.1 Å². The van der Waals surface area contributed by atoms with E-state index in [0.717, 1.165) is 12.5 Å². The van der Waals surface area contributed by atoms with Gasteiger partial charge >= 0.3 is 5.97 Å². The maximum absolute atomic E-state index is 11.3. The fourth-order valence-electron chi connectivity index (χ4n) is 1.26. The summed E-state index contributed by atoms with van der Waals surface area (Å²) in [7, 11) is 1.44. The van der Waals surface area contributed by atoms with Crippen molar-refractivity contribution in [3.8, 4) is 0 Å². The fraction of sp³-hybridized carbons (Fsp3) is 0.900. The summed E-state index contributed by atoms with van der Waals surface area (Å²) in [6.45, 7) is 5.55. The molecule has 0 aromatic rings. The summed E-state index contributed by atoms with van der Waals surface area (Å²) in [5.41, 5.74) is -0.399. The average molecular weight is 185 g/mol. The minimum atomic E-state index is -0.399. The van der Waals surface area contributed by atoms with E-state index in [0.29, 0.717) is 6.54 Å². The molecule has 1 N–H and O–H groups in total. The summed E-state index contributed by atoms with van der Waals surface area (Å²) in [6, 6.07) is 0. The zero-order valence-corrected chi connectivity index (χ0v) is 8.72. The van der Waals surface area contributed by atoms with Gasteiger partial charge in [-0.25, -0.2) is 0 Å². The number of carbonyl (C=O) groups excluding carboxylic acids is 1. The van der Waals surface area contributed by atoms with E-state index in [9.17, 15) is 4.79 Å². The monoisotopic (exact) mass is 185 g/mol. The van der Waals surface area contributed by atoms with Crippen LogP contribution in [0.25, 0.3) is 0 Å². The molecule has 1 saturated carbocycles. The molecule has 3 nitrogen and oxygen atoms in total. The van der Waals surface area contributed by atoms with Crippen LogP contribution in [-0.2, 0) is 9.53 Å². The summed E-state index contributed by atoms with van der Waals surface area (Å²) < 4.78 is 4.71. The Morgan fingerprint density at radius 3 is 2.62 bits per heavy atom.